The molecule has 0 unspecified atom stereocenters. The lowest BCUT2D eigenvalue weighted by molar-refractivity contribution is 0.303. The minimum Gasteiger partial charge on any atom is -0.362 e. The summed E-state index contributed by atoms with van der Waals surface area (Å²) in [7, 11) is 0. The summed E-state index contributed by atoms with van der Waals surface area (Å²) in [4.78, 5) is 5.55. The van der Waals surface area contributed by atoms with Gasteiger partial charge in [-0.15, -0.1) is 11.3 Å². The molecule has 2 rings (SSSR count). The Hall–Kier alpha value is -0.570. The Labute approximate surface area is 83.4 Å². The van der Waals surface area contributed by atoms with Crippen LogP contribution in [-0.4, -0.2) is 11.5 Å². The summed E-state index contributed by atoms with van der Waals surface area (Å²) in [6.07, 6.45) is 7.58. The summed E-state index contributed by atoms with van der Waals surface area (Å²) in [5.41, 5.74) is 0. The van der Waals surface area contributed by atoms with Crippen molar-refractivity contribution in [2.45, 2.75) is 32.6 Å². The molecule has 1 aliphatic carbocycles. The second-order valence-electron chi connectivity index (χ2n) is 3.79. The fraction of sp³-hybridized carbons (Fsp3) is 0.700. The first kappa shape index (κ1) is 9.00. The predicted molar refractivity (Wildman–Crippen MR) is 57.3 cm³/mol. The van der Waals surface area contributed by atoms with Crippen LogP contribution in [-0.2, 0) is 0 Å². The first-order valence-corrected chi connectivity index (χ1v) is 5.82. The third kappa shape index (κ3) is 2.44. The van der Waals surface area contributed by atoms with Gasteiger partial charge in [-0.2, -0.15) is 0 Å². The highest BCUT2D eigenvalue weighted by Crippen LogP contribution is 2.29. The normalized spacial score (nSPS) is 17.0. The van der Waals surface area contributed by atoms with Crippen LogP contribution >= 0.6 is 11.3 Å². The van der Waals surface area contributed by atoms with Gasteiger partial charge in [0.1, 0.15) is 0 Å². The molecule has 0 amide bonds. The molecule has 1 saturated carbocycles. The molecule has 0 bridgehead atoms. The van der Waals surface area contributed by atoms with Gasteiger partial charge in [0.25, 0.3) is 0 Å². The lowest BCUT2D eigenvalue weighted by Gasteiger charge is -2.24. The smallest absolute Gasteiger partial charge is 0.182 e. The molecule has 0 radical (unpaired) electrons. The van der Waals surface area contributed by atoms with E-state index in [-0.39, 0.29) is 0 Å². The van der Waals surface area contributed by atoms with Crippen LogP contribution in [0.15, 0.2) is 6.20 Å². The summed E-state index contributed by atoms with van der Waals surface area (Å²) in [5.74, 6) is 0.994. The quantitative estimate of drug-likeness (QED) is 0.800. The lowest BCUT2D eigenvalue weighted by atomic mass is 9.83. The fourth-order valence-electron chi connectivity index (χ4n) is 1.60. The van der Waals surface area contributed by atoms with Crippen LogP contribution in [0, 0.1) is 12.8 Å². The first-order valence-electron chi connectivity index (χ1n) is 5.01. The second-order valence-corrected chi connectivity index (χ2v) is 5.02. The molecule has 0 spiro atoms. The van der Waals surface area contributed by atoms with E-state index in [9.17, 15) is 0 Å². The van der Waals surface area contributed by atoms with E-state index in [2.05, 4.69) is 17.2 Å². The lowest BCUT2D eigenvalue weighted by Crippen LogP contribution is -2.15. The van der Waals surface area contributed by atoms with Gasteiger partial charge in [-0.25, -0.2) is 4.98 Å². The van der Waals surface area contributed by atoms with Gasteiger partial charge >= 0.3 is 0 Å². The van der Waals surface area contributed by atoms with Gasteiger partial charge in [0, 0.05) is 17.6 Å². The van der Waals surface area contributed by atoms with Crippen LogP contribution in [0.5, 0.6) is 0 Å². The molecule has 0 aliphatic heterocycles. The molecule has 0 aromatic carbocycles. The highest BCUT2D eigenvalue weighted by molar-refractivity contribution is 7.15. The summed E-state index contributed by atoms with van der Waals surface area (Å²) < 4.78 is 0. The zero-order valence-corrected chi connectivity index (χ0v) is 8.86. The number of aromatic nitrogens is 1. The van der Waals surface area contributed by atoms with E-state index in [0.29, 0.717) is 0 Å². The zero-order chi connectivity index (χ0) is 9.10. The van der Waals surface area contributed by atoms with Crippen LogP contribution in [0.4, 0.5) is 5.13 Å². The van der Waals surface area contributed by atoms with Crippen molar-refractivity contribution >= 4 is 16.5 Å². The van der Waals surface area contributed by atoms with Gasteiger partial charge in [0.15, 0.2) is 5.13 Å². The van der Waals surface area contributed by atoms with Gasteiger partial charge in [-0.05, 0) is 19.3 Å². The van der Waals surface area contributed by atoms with Crippen LogP contribution in [0.3, 0.4) is 0 Å². The van der Waals surface area contributed by atoms with Crippen molar-refractivity contribution in [3.63, 3.8) is 0 Å². The molecular formula is C10H16N2S. The molecule has 1 aliphatic rings. The molecule has 2 nitrogen and oxygen atoms in total. The molecule has 1 aromatic rings. The summed E-state index contributed by atoms with van der Waals surface area (Å²) in [6.45, 7) is 3.19. The Morgan fingerprint density at radius 3 is 3.00 bits per heavy atom. The van der Waals surface area contributed by atoms with Crippen molar-refractivity contribution < 1.29 is 0 Å². The van der Waals surface area contributed by atoms with Crippen molar-refractivity contribution in [2.24, 2.45) is 5.92 Å². The molecule has 1 fully saturated rings. The van der Waals surface area contributed by atoms with Crippen molar-refractivity contribution in [3.8, 4) is 0 Å². The van der Waals surface area contributed by atoms with Crippen molar-refractivity contribution in [1.82, 2.24) is 4.98 Å². The van der Waals surface area contributed by atoms with Crippen molar-refractivity contribution in [1.29, 1.82) is 0 Å². The molecule has 1 aromatic heterocycles. The van der Waals surface area contributed by atoms with Gasteiger partial charge in [-0.3, -0.25) is 0 Å². The number of thiazole rings is 1. The number of hydrogen-bond donors (Lipinski definition) is 1. The van der Waals surface area contributed by atoms with Gasteiger partial charge < -0.3 is 5.32 Å². The van der Waals surface area contributed by atoms with Crippen molar-refractivity contribution in [3.05, 3.63) is 11.1 Å². The number of rotatable bonds is 4. The number of anilines is 1. The Bertz CT molecular complexity index is 266. The standard InChI is InChI=1S/C10H16N2S/c1-8-7-12-10(13-8)11-6-5-9-3-2-4-9/h7,9H,2-6H2,1H3,(H,11,12). The van der Waals surface area contributed by atoms with E-state index in [4.69, 9.17) is 0 Å². The van der Waals surface area contributed by atoms with E-state index in [0.717, 1.165) is 17.6 Å². The maximum Gasteiger partial charge on any atom is 0.182 e. The van der Waals surface area contributed by atoms with Crippen molar-refractivity contribution in [2.75, 3.05) is 11.9 Å². The monoisotopic (exact) mass is 196 g/mol. The van der Waals surface area contributed by atoms with E-state index >= 15 is 0 Å². The molecular weight excluding hydrogens is 180 g/mol. The minimum atomic E-state index is 0.994. The number of nitrogens with zero attached hydrogens (tertiary/aromatic N) is 1. The molecule has 3 heteroatoms. The van der Waals surface area contributed by atoms with Gasteiger partial charge in [0.05, 0.1) is 0 Å². The van der Waals surface area contributed by atoms with Crippen LogP contribution < -0.4 is 5.32 Å². The van der Waals surface area contributed by atoms with Gasteiger partial charge in [0.2, 0.25) is 0 Å². The molecule has 0 saturated heterocycles. The van der Waals surface area contributed by atoms with Crippen LogP contribution in [0.1, 0.15) is 30.6 Å². The topological polar surface area (TPSA) is 24.9 Å². The largest absolute Gasteiger partial charge is 0.362 e. The predicted octanol–water partition coefficient (Wildman–Crippen LogP) is 3.05. The average Bonchev–Trinajstić information content (AvgIpc) is 2.42. The SMILES string of the molecule is Cc1cnc(NCCC2CCC2)s1. The van der Waals surface area contributed by atoms with Crippen LogP contribution in [0.2, 0.25) is 0 Å². The summed E-state index contributed by atoms with van der Waals surface area (Å²) in [5, 5.41) is 4.45. The van der Waals surface area contributed by atoms with E-state index < -0.39 is 0 Å². The Morgan fingerprint density at radius 2 is 2.46 bits per heavy atom. The average molecular weight is 196 g/mol. The van der Waals surface area contributed by atoms with E-state index in [1.54, 1.807) is 11.3 Å². The third-order valence-corrected chi connectivity index (χ3v) is 3.55. The van der Waals surface area contributed by atoms with Gasteiger partial charge in [-0.1, -0.05) is 19.3 Å². The van der Waals surface area contributed by atoms with Crippen LogP contribution in [0.25, 0.3) is 0 Å². The fourth-order valence-corrected chi connectivity index (χ4v) is 2.29. The number of hydrogen-bond acceptors (Lipinski definition) is 3. The Balaban J connectivity index is 1.67. The molecule has 0 atom stereocenters. The highest BCUT2D eigenvalue weighted by Gasteiger charge is 2.16. The molecule has 1 heterocycles. The van der Waals surface area contributed by atoms with E-state index in [1.165, 1.54) is 30.6 Å². The Kier molecular flexibility index (Phi) is 2.83. The molecule has 13 heavy (non-hydrogen) atoms. The zero-order valence-electron chi connectivity index (χ0n) is 8.05. The van der Waals surface area contributed by atoms with E-state index in [1.807, 2.05) is 6.20 Å². The number of aryl methyl sites for hydroxylation is 1. The minimum absolute atomic E-state index is 0.994. The summed E-state index contributed by atoms with van der Waals surface area (Å²) in [6, 6.07) is 0. The highest BCUT2D eigenvalue weighted by atomic mass is 32.1. The third-order valence-electron chi connectivity index (χ3n) is 2.67. The Morgan fingerprint density at radius 1 is 1.62 bits per heavy atom. The molecule has 1 N–H and O–H groups in total. The second kappa shape index (κ2) is 4.09. The summed E-state index contributed by atoms with van der Waals surface area (Å²) >= 11 is 1.74. The maximum absolute atomic E-state index is 4.26. The first-order chi connectivity index (χ1) is 6.34. The number of nitrogens with one attached hydrogen (secondary N) is 1. The maximum atomic E-state index is 4.26. The molecule has 72 valence electrons.